The molecule has 0 radical (unpaired) electrons. The van der Waals surface area contributed by atoms with Crippen molar-refractivity contribution in [3.05, 3.63) is 65.5 Å². The number of nitrogens with zero attached hydrogens (tertiary/aromatic N) is 2. The summed E-state index contributed by atoms with van der Waals surface area (Å²) < 4.78 is 0. The van der Waals surface area contributed by atoms with Crippen LogP contribution >= 0.6 is 11.3 Å². The van der Waals surface area contributed by atoms with Gasteiger partial charge in [0, 0.05) is 16.6 Å². The molecule has 3 N–H and O–H groups in total. The highest BCUT2D eigenvalue weighted by molar-refractivity contribution is 7.14. The van der Waals surface area contributed by atoms with Gasteiger partial charge in [0.05, 0.1) is 12.1 Å². The number of carbonyl (C=O) groups excluding carboxylic acids is 2. The number of carbonyl (C=O) groups is 2. The maximum absolute atomic E-state index is 12.2. The van der Waals surface area contributed by atoms with Crippen LogP contribution in [0, 0.1) is 6.92 Å². The number of hydrogen-bond acceptors (Lipinski definition) is 6. The Morgan fingerprint density at radius 1 is 1.14 bits per heavy atom. The van der Waals surface area contributed by atoms with Crippen LogP contribution in [0.5, 0.6) is 0 Å². The lowest BCUT2D eigenvalue weighted by molar-refractivity contribution is -0.123. The summed E-state index contributed by atoms with van der Waals surface area (Å²) in [6.45, 7) is 1.98. The number of guanidine groups is 1. The zero-order valence-corrected chi connectivity index (χ0v) is 16.5. The molecule has 2 amide bonds. The third kappa shape index (κ3) is 4.67. The summed E-state index contributed by atoms with van der Waals surface area (Å²) in [6.07, 6.45) is -0.0297. The Bertz CT molecular complexity index is 1060. The Hall–Kier alpha value is -3.52. The van der Waals surface area contributed by atoms with Gasteiger partial charge in [-0.25, -0.2) is 9.98 Å². The summed E-state index contributed by atoms with van der Waals surface area (Å²) in [4.78, 5) is 33.2. The van der Waals surface area contributed by atoms with Crippen LogP contribution in [0.15, 0.2) is 65.0 Å². The Labute approximate surface area is 171 Å². The molecule has 0 bridgehead atoms. The van der Waals surface area contributed by atoms with E-state index < -0.39 is 6.04 Å². The summed E-state index contributed by atoms with van der Waals surface area (Å²) in [5, 5.41) is 11.0. The minimum absolute atomic E-state index is 0.0297. The first kappa shape index (κ1) is 18.8. The lowest BCUT2D eigenvalue weighted by Crippen LogP contribution is -2.33. The summed E-state index contributed by atoms with van der Waals surface area (Å²) in [5.74, 6) is -0.275. The number of benzene rings is 2. The Morgan fingerprint density at radius 2 is 1.90 bits per heavy atom. The van der Waals surface area contributed by atoms with Gasteiger partial charge in [-0.3, -0.25) is 14.9 Å². The van der Waals surface area contributed by atoms with E-state index in [9.17, 15) is 9.59 Å². The van der Waals surface area contributed by atoms with Gasteiger partial charge in [-0.05, 0) is 19.1 Å². The maximum Gasteiger partial charge on any atom is 0.252 e. The lowest BCUT2D eigenvalue weighted by atomic mass is 10.2. The van der Waals surface area contributed by atoms with E-state index in [-0.39, 0.29) is 18.2 Å². The normalized spacial score (nSPS) is 15.6. The van der Waals surface area contributed by atoms with E-state index in [0.717, 1.165) is 16.8 Å². The number of nitrogens with one attached hydrogen (secondary N) is 3. The van der Waals surface area contributed by atoms with Crippen LogP contribution in [0.1, 0.15) is 12.0 Å². The van der Waals surface area contributed by atoms with Gasteiger partial charge in [0.15, 0.2) is 5.13 Å². The first-order valence-corrected chi connectivity index (χ1v) is 9.98. The second-order valence-corrected chi connectivity index (χ2v) is 7.49. The van der Waals surface area contributed by atoms with E-state index in [1.807, 2.05) is 66.9 Å². The first-order chi connectivity index (χ1) is 14.1. The second-order valence-electron chi connectivity index (χ2n) is 6.63. The van der Waals surface area contributed by atoms with Crippen LogP contribution < -0.4 is 16.0 Å². The zero-order valence-electron chi connectivity index (χ0n) is 15.7. The predicted octanol–water partition coefficient (Wildman–Crippen LogP) is 3.41. The molecule has 0 aliphatic carbocycles. The molecule has 2 heterocycles. The molecule has 0 spiro atoms. The van der Waals surface area contributed by atoms with Crippen LogP contribution in [0.3, 0.4) is 0 Å². The molecule has 0 saturated carbocycles. The second kappa shape index (κ2) is 8.24. The molecule has 1 aliphatic heterocycles. The van der Waals surface area contributed by atoms with Crippen molar-refractivity contribution in [1.82, 2.24) is 10.3 Å². The minimum Gasteiger partial charge on any atom is -0.326 e. The zero-order chi connectivity index (χ0) is 20.2. The molecule has 3 aromatic rings. The van der Waals surface area contributed by atoms with Crippen LogP contribution in [-0.4, -0.2) is 28.8 Å². The van der Waals surface area contributed by atoms with E-state index in [4.69, 9.17) is 0 Å². The first-order valence-electron chi connectivity index (χ1n) is 9.10. The molecule has 29 heavy (non-hydrogen) atoms. The lowest BCUT2D eigenvalue weighted by Gasteiger charge is -2.07. The molecule has 1 atom stereocenters. The largest absolute Gasteiger partial charge is 0.326 e. The monoisotopic (exact) mass is 405 g/mol. The number of rotatable bonds is 5. The summed E-state index contributed by atoms with van der Waals surface area (Å²) in [7, 11) is 0. The standard InChI is InChI=1S/C21H19N5O2S/c1-13-7-9-15(10-8-13)22-18(27)11-16-19(28)25-20(23-16)26-21-24-17(12-29-21)14-5-3-2-4-6-14/h2-10,12,16H,11H2,1H3,(H,22,27)(H2,23,24,25,26,28). The van der Waals surface area contributed by atoms with E-state index in [1.54, 1.807) is 0 Å². The van der Waals surface area contributed by atoms with Crippen molar-refractivity contribution in [3.8, 4) is 11.3 Å². The van der Waals surface area contributed by atoms with Crippen molar-refractivity contribution in [2.24, 2.45) is 4.99 Å². The van der Waals surface area contributed by atoms with E-state index >= 15 is 0 Å². The van der Waals surface area contributed by atoms with E-state index in [1.165, 1.54) is 11.3 Å². The average Bonchev–Trinajstić information content (AvgIpc) is 3.31. The molecular formula is C21H19N5O2S. The molecule has 0 fully saturated rings. The Balaban J connectivity index is 1.37. The maximum atomic E-state index is 12.2. The van der Waals surface area contributed by atoms with Crippen LogP contribution in [0.25, 0.3) is 11.3 Å². The number of aromatic nitrogens is 1. The fourth-order valence-electron chi connectivity index (χ4n) is 2.85. The molecule has 4 rings (SSSR count). The highest BCUT2D eigenvalue weighted by Crippen LogP contribution is 2.24. The highest BCUT2D eigenvalue weighted by atomic mass is 32.1. The fraction of sp³-hybridized carbons (Fsp3) is 0.143. The summed E-state index contributed by atoms with van der Waals surface area (Å²) >= 11 is 1.42. The van der Waals surface area contributed by atoms with Crippen LogP contribution in [0.4, 0.5) is 10.8 Å². The van der Waals surface area contributed by atoms with Gasteiger partial charge in [0.2, 0.25) is 11.9 Å². The van der Waals surface area contributed by atoms with Crippen molar-refractivity contribution in [3.63, 3.8) is 0 Å². The average molecular weight is 405 g/mol. The molecule has 1 aromatic heterocycles. The van der Waals surface area contributed by atoms with Gasteiger partial charge >= 0.3 is 0 Å². The molecule has 146 valence electrons. The SMILES string of the molecule is Cc1ccc(NC(=O)CC2N=C(Nc3nc(-c4ccccc4)cs3)NC2=O)cc1. The van der Waals surface area contributed by atoms with Crippen molar-refractivity contribution < 1.29 is 9.59 Å². The summed E-state index contributed by atoms with van der Waals surface area (Å²) in [6, 6.07) is 16.5. The third-order valence-corrected chi connectivity index (χ3v) is 5.10. The Morgan fingerprint density at radius 3 is 2.66 bits per heavy atom. The van der Waals surface area contributed by atoms with Crippen molar-refractivity contribution >= 4 is 39.9 Å². The number of amides is 2. The van der Waals surface area contributed by atoms with Crippen molar-refractivity contribution in [2.75, 3.05) is 10.6 Å². The van der Waals surface area contributed by atoms with E-state index in [2.05, 4.69) is 25.9 Å². The number of aliphatic imine (C=N–C) groups is 1. The predicted molar refractivity (Wildman–Crippen MR) is 115 cm³/mol. The van der Waals surface area contributed by atoms with Crippen LogP contribution in [0.2, 0.25) is 0 Å². The molecule has 1 unspecified atom stereocenters. The Kier molecular flexibility index (Phi) is 5.35. The van der Waals surface area contributed by atoms with Gasteiger partial charge in [-0.1, -0.05) is 48.0 Å². The van der Waals surface area contributed by atoms with Crippen molar-refractivity contribution in [2.45, 2.75) is 19.4 Å². The van der Waals surface area contributed by atoms with Gasteiger partial charge in [-0.2, -0.15) is 0 Å². The highest BCUT2D eigenvalue weighted by Gasteiger charge is 2.29. The molecule has 1 aliphatic rings. The molecular weight excluding hydrogens is 386 g/mol. The van der Waals surface area contributed by atoms with Gasteiger partial charge in [0.25, 0.3) is 5.91 Å². The van der Waals surface area contributed by atoms with Gasteiger partial charge in [-0.15, -0.1) is 11.3 Å². The summed E-state index contributed by atoms with van der Waals surface area (Å²) in [5.41, 5.74) is 3.66. The smallest absolute Gasteiger partial charge is 0.252 e. The molecule has 8 heteroatoms. The van der Waals surface area contributed by atoms with Gasteiger partial charge < -0.3 is 10.6 Å². The van der Waals surface area contributed by atoms with Crippen LogP contribution in [-0.2, 0) is 9.59 Å². The number of aryl methyl sites for hydroxylation is 1. The topological polar surface area (TPSA) is 95.5 Å². The molecule has 2 aromatic carbocycles. The van der Waals surface area contributed by atoms with Crippen molar-refractivity contribution in [1.29, 1.82) is 0 Å². The molecule has 7 nitrogen and oxygen atoms in total. The minimum atomic E-state index is -0.767. The number of anilines is 2. The quantitative estimate of drug-likeness (QED) is 0.606. The molecule has 0 saturated heterocycles. The van der Waals surface area contributed by atoms with Gasteiger partial charge in [0.1, 0.15) is 6.04 Å². The number of hydrogen-bond donors (Lipinski definition) is 3. The number of thiazole rings is 1. The van der Waals surface area contributed by atoms with E-state index in [0.29, 0.717) is 16.8 Å². The third-order valence-electron chi connectivity index (χ3n) is 4.34. The fourth-order valence-corrected chi connectivity index (χ4v) is 3.57.